The summed E-state index contributed by atoms with van der Waals surface area (Å²) >= 11 is 0. The average molecular weight is 1220 g/mol. The van der Waals surface area contributed by atoms with Crippen LogP contribution >= 0.6 is 0 Å². The quantitative estimate of drug-likeness (QED) is 0.149. The fourth-order valence-electron chi connectivity index (χ4n) is 17.4. The van der Waals surface area contributed by atoms with Gasteiger partial charge >= 0.3 is 0 Å². The Morgan fingerprint density at radius 1 is 0.337 bits per heavy atom. The highest BCUT2D eigenvalue weighted by Crippen LogP contribution is 2.53. The van der Waals surface area contributed by atoms with Crippen molar-refractivity contribution in [3.05, 3.63) is 306 Å². The van der Waals surface area contributed by atoms with Gasteiger partial charge in [0.1, 0.15) is 0 Å². The summed E-state index contributed by atoms with van der Waals surface area (Å²) in [4.78, 5) is 10.7. The Balaban J connectivity index is 0.737. The van der Waals surface area contributed by atoms with E-state index >= 15 is 0 Å². The zero-order valence-corrected chi connectivity index (χ0v) is 53.5. The minimum absolute atomic E-state index is 0.0219. The number of aromatic nitrogens is 5. The van der Waals surface area contributed by atoms with Gasteiger partial charge in [0.2, 0.25) is 0 Å². The molecule has 4 aliphatic carbocycles. The van der Waals surface area contributed by atoms with Crippen LogP contribution in [0.4, 0.5) is 0 Å². The second kappa shape index (κ2) is 20.1. The van der Waals surface area contributed by atoms with Crippen LogP contribution in [0.3, 0.4) is 0 Å². The molecular weight excluding hydrogens is 1150 g/mol. The molecule has 0 atom stereocenters. The van der Waals surface area contributed by atoms with Crippen molar-refractivity contribution < 1.29 is 0 Å². The predicted octanol–water partition coefficient (Wildman–Crippen LogP) is 23.5. The van der Waals surface area contributed by atoms with Crippen molar-refractivity contribution in [3.63, 3.8) is 0 Å². The minimum atomic E-state index is -0.0575. The van der Waals surface area contributed by atoms with Gasteiger partial charge in [-0.2, -0.15) is 0 Å². The molecule has 20 rings (SSSR count). The van der Waals surface area contributed by atoms with Crippen LogP contribution in [-0.2, 0) is 10.8 Å². The first-order valence-corrected chi connectivity index (χ1v) is 33.7. The van der Waals surface area contributed by atoms with Gasteiger partial charge in [-0.1, -0.05) is 191 Å². The van der Waals surface area contributed by atoms with E-state index in [1.54, 1.807) is 5.57 Å². The first kappa shape index (κ1) is 54.2. The molecule has 0 saturated carbocycles. The van der Waals surface area contributed by atoms with E-state index in [0.717, 1.165) is 80.9 Å². The third-order valence-corrected chi connectivity index (χ3v) is 22.1. The number of para-hydroxylation sites is 2. The van der Waals surface area contributed by atoms with E-state index in [0.29, 0.717) is 5.82 Å². The van der Waals surface area contributed by atoms with E-state index in [1.807, 2.05) is 0 Å². The van der Waals surface area contributed by atoms with Crippen LogP contribution in [0.25, 0.3) is 160 Å². The molecule has 0 saturated heterocycles. The summed E-state index contributed by atoms with van der Waals surface area (Å²) in [5.41, 5.74) is 30.7. The Morgan fingerprint density at radius 2 is 0.821 bits per heavy atom. The number of rotatable bonds is 7. The van der Waals surface area contributed by atoms with Gasteiger partial charge < -0.3 is 13.7 Å². The van der Waals surface area contributed by atoms with Gasteiger partial charge in [-0.15, -0.1) is 0 Å². The fourth-order valence-corrected chi connectivity index (χ4v) is 17.4. The number of benzene rings is 12. The van der Waals surface area contributed by atoms with E-state index in [2.05, 4.69) is 314 Å². The third-order valence-electron chi connectivity index (χ3n) is 22.1. The Labute approximate surface area is 551 Å². The highest BCUT2D eigenvalue weighted by atomic mass is 15.0. The lowest BCUT2D eigenvalue weighted by Gasteiger charge is -2.26. The standard InChI is InChI=1S/C90H65N5/c1-89(2)76-26-14-10-22-65(76)67-42-39-62(52-78(67)89)94-80-28-16-12-24-69(80)72-48-57(33-44-82(72)94)59-35-46-84-74(50-59)75-51-60(58-34-45-83-73(49-58)70-25-13-17-29-81(70)95(83)63-40-43-68-66-23-11-15-27-77(66)90(3,4)79(68)53-63)36-47-85(75)93(84)61-37-30-56(31-38-61)88-91-86(55-19-6-5-7-20-55)71-41-32-54-18-8-9-21-64(54)87(71)92-88/h5-10,12-13,15-22,24-25,27-53H,11,14,23,26H2,1-4H3. The lowest BCUT2D eigenvalue weighted by molar-refractivity contribution is 0.607. The number of fused-ring (bicyclic) bond motifs is 16. The molecule has 4 aromatic heterocycles. The summed E-state index contributed by atoms with van der Waals surface area (Å²) < 4.78 is 7.42. The minimum Gasteiger partial charge on any atom is -0.309 e. The molecule has 12 aromatic carbocycles. The number of nitrogens with zero attached hydrogens (tertiary/aromatic N) is 5. The van der Waals surface area contributed by atoms with Crippen LogP contribution in [-0.4, -0.2) is 23.7 Å². The summed E-state index contributed by atoms with van der Waals surface area (Å²) in [5.74, 6) is 0.699. The number of allylic oxidation sites excluding steroid dienone is 8. The molecule has 4 aliphatic rings. The summed E-state index contributed by atoms with van der Waals surface area (Å²) in [6.07, 6.45) is 13.9. The van der Waals surface area contributed by atoms with Crippen LogP contribution in [0.15, 0.2) is 284 Å². The molecule has 0 N–H and O–H groups in total. The largest absolute Gasteiger partial charge is 0.309 e. The molecular formula is C90H65N5. The molecule has 0 unspecified atom stereocenters. The lowest BCUT2D eigenvalue weighted by atomic mass is 9.78. The summed E-state index contributed by atoms with van der Waals surface area (Å²) in [6.45, 7) is 9.64. The Bertz CT molecular complexity index is 6190. The van der Waals surface area contributed by atoms with E-state index in [1.165, 1.54) is 127 Å². The van der Waals surface area contributed by atoms with Crippen molar-refractivity contribution in [1.29, 1.82) is 0 Å². The molecule has 0 spiro atoms. The van der Waals surface area contributed by atoms with Crippen molar-refractivity contribution in [2.45, 2.75) is 64.2 Å². The number of hydrogen-bond acceptors (Lipinski definition) is 2. The third kappa shape index (κ3) is 7.90. The molecule has 0 aliphatic heterocycles. The van der Waals surface area contributed by atoms with Gasteiger partial charge in [0.05, 0.1) is 44.3 Å². The van der Waals surface area contributed by atoms with E-state index in [9.17, 15) is 0 Å². The van der Waals surface area contributed by atoms with Crippen molar-refractivity contribution in [3.8, 4) is 62.0 Å². The van der Waals surface area contributed by atoms with Crippen LogP contribution < -0.4 is 0 Å². The Kier molecular flexibility index (Phi) is 11.4. The van der Waals surface area contributed by atoms with Gasteiger partial charge in [-0.25, -0.2) is 9.97 Å². The fraction of sp³-hybridized carbons (Fsp3) is 0.111. The van der Waals surface area contributed by atoms with E-state index in [-0.39, 0.29) is 10.8 Å². The molecule has 5 nitrogen and oxygen atoms in total. The molecule has 0 fully saturated rings. The van der Waals surface area contributed by atoms with Crippen LogP contribution in [0.5, 0.6) is 0 Å². The number of hydrogen-bond donors (Lipinski definition) is 0. The summed E-state index contributed by atoms with van der Waals surface area (Å²) in [5, 5.41) is 10.7. The van der Waals surface area contributed by atoms with Gasteiger partial charge in [0.25, 0.3) is 0 Å². The molecule has 16 aromatic rings. The predicted molar refractivity (Wildman–Crippen MR) is 398 cm³/mol. The van der Waals surface area contributed by atoms with Crippen molar-refractivity contribution >= 4 is 98.2 Å². The highest BCUT2D eigenvalue weighted by Gasteiger charge is 2.39. The van der Waals surface area contributed by atoms with Crippen molar-refractivity contribution in [2.75, 3.05) is 0 Å². The normalized spacial score (nSPS) is 15.4. The van der Waals surface area contributed by atoms with Crippen molar-refractivity contribution in [1.82, 2.24) is 23.7 Å². The molecule has 450 valence electrons. The Morgan fingerprint density at radius 3 is 1.44 bits per heavy atom. The zero-order chi connectivity index (χ0) is 63.0. The van der Waals surface area contributed by atoms with E-state index in [4.69, 9.17) is 9.97 Å². The van der Waals surface area contributed by atoms with Crippen LogP contribution in [0.1, 0.15) is 75.6 Å². The molecule has 0 amide bonds. The maximum atomic E-state index is 5.37. The molecule has 0 bridgehead atoms. The van der Waals surface area contributed by atoms with Crippen molar-refractivity contribution in [2.24, 2.45) is 0 Å². The van der Waals surface area contributed by atoms with Gasteiger partial charge in [-0.3, -0.25) is 0 Å². The topological polar surface area (TPSA) is 40.6 Å². The molecule has 95 heavy (non-hydrogen) atoms. The second-order valence-corrected chi connectivity index (χ2v) is 27.8. The highest BCUT2D eigenvalue weighted by molar-refractivity contribution is 6.15. The smallest absolute Gasteiger partial charge is 0.160 e. The molecule has 4 heterocycles. The summed E-state index contributed by atoms with van der Waals surface area (Å²) in [6, 6.07) is 93.0. The summed E-state index contributed by atoms with van der Waals surface area (Å²) in [7, 11) is 0. The molecule has 5 heteroatoms. The second-order valence-electron chi connectivity index (χ2n) is 27.8. The van der Waals surface area contributed by atoms with Gasteiger partial charge in [-0.05, 0) is 208 Å². The lowest BCUT2D eigenvalue weighted by Crippen LogP contribution is -2.18. The average Bonchev–Trinajstić information content (AvgIpc) is 1.63. The first-order valence-electron chi connectivity index (χ1n) is 33.7. The Hall–Kier alpha value is -11.4. The van der Waals surface area contributed by atoms with Gasteiger partial charge in [0.15, 0.2) is 5.82 Å². The molecule has 0 radical (unpaired) electrons. The monoisotopic (exact) mass is 1220 g/mol. The van der Waals surface area contributed by atoms with E-state index < -0.39 is 0 Å². The maximum Gasteiger partial charge on any atom is 0.160 e. The van der Waals surface area contributed by atoms with Crippen LogP contribution in [0, 0.1) is 0 Å². The maximum absolute atomic E-state index is 5.37. The van der Waals surface area contributed by atoms with Gasteiger partial charge in [0, 0.05) is 82.1 Å². The SMILES string of the molecule is CC1(C)C2=C(CCC=C2)c2ccc(-n3c4ccccc4c4cc(-c5ccc6c(c5)c5cc(-c7ccc8c(c7)c7ccccc7n8-c7ccc8c(c7)C(C)(C)C7=C8C=CCC7)ccc5n6-c5ccc(-c6nc(-c7ccccc7)c7ccc8ccccc8c7n6)cc5)ccc43)cc21. The first-order chi connectivity index (χ1) is 46.6. The van der Waals surface area contributed by atoms with Crippen LogP contribution in [0.2, 0.25) is 0 Å². The zero-order valence-electron chi connectivity index (χ0n) is 53.5.